The van der Waals surface area contributed by atoms with Crippen molar-refractivity contribution in [1.82, 2.24) is 4.90 Å². The fourth-order valence-electron chi connectivity index (χ4n) is 3.19. The van der Waals surface area contributed by atoms with Crippen LogP contribution in [-0.4, -0.2) is 43.5 Å². The highest BCUT2D eigenvalue weighted by Crippen LogP contribution is 2.16. The van der Waals surface area contributed by atoms with E-state index < -0.39 is 0 Å². The summed E-state index contributed by atoms with van der Waals surface area (Å²) in [4.78, 5) is 16.8. The molecule has 1 fully saturated rings. The first kappa shape index (κ1) is 17.8. The molecule has 0 aromatic heterocycles. The molecular formula is C20H25ClN3O+. The van der Waals surface area contributed by atoms with Gasteiger partial charge in [0.2, 0.25) is 0 Å². The second-order valence-electron chi connectivity index (χ2n) is 6.49. The minimum absolute atomic E-state index is 0.210. The molecule has 5 heteroatoms. The first-order chi connectivity index (χ1) is 12.1. The number of benzene rings is 2. The van der Waals surface area contributed by atoms with E-state index in [1.165, 1.54) is 5.69 Å². The van der Waals surface area contributed by atoms with E-state index in [9.17, 15) is 4.79 Å². The Hall–Kier alpha value is -2.04. The van der Waals surface area contributed by atoms with Gasteiger partial charge in [-0.2, -0.15) is 0 Å². The molecule has 0 aliphatic carbocycles. The summed E-state index contributed by atoms with van der Waals surface area (Å²) < 4.78 is 0. The molecule has 2 aromatic rings. The van der Waals surface area contributed by atoms with Crippen LogP contribution in [0, 0.1) is 0 Å². The van der Waals surface area contributed by atoms with E-state index in [0.717, 1.165) is 36.8 Å². The average molecular weight is 359 g/mol. The van der Waals surface area contributed by atoms with E-state index >= 15 is 0 Å². The van der Waals surface area contributed by atoms with Crippen LogP contribution in [0.1, 0.15) is 18.5 Å². The highest BCUT2D eigenvalue weighted by Gasteiger charge is 2.23. The number of anilines is 1. The molecule has 25 heavy (non-hydrogen) atoms. The lowest BCUT2D eigenvalue weighted by Gasteiger charge is -2.35. The Kier molecular flexibility index (Phi) is 5.95. The van der Waals surface area contributed by atoms with Crippen molar-refractivity contribution >= 4 is 23.2 Å². The number of carbonyl (C=O) groups is 1. The number of halogens is 1. The normalized spacial score (nSPS) is 15.9. The number of quaternary nitrogens is 1. The van der Waals surface area contributed by atoms with Gasteiger partial charge in [0.1, 0.15) is 6.04 Å². The Morgan fingerprint density at radius 1 is 1.08 bits per heavy atom. The summed E-state index contributed by atoms with van der Waals surface area (Å²) in [5, 5.41) is 2.82. The number of amides is 1. The van der Waals surface area contributed by atoms with Crippen LogP contribution in [0.2, 0.25) is 5.02 Å². The van der Waals surface area contributed by atoms with Crippen molar-refractivity contribution in [3.05, 3.63) is 65.2 Å². The molecule has 1 aliphatic heterocycles. The van der Waals surface area contributed by atoms with E-state index in [2.05, 4.69) is 47.5 Å². The zero-order chi connectivity index (χ0) is 17.6. The molecule has 3 rings (SSSR count). The van der Waals surface area contributed by atoms with Crippen molar-refractivity contribution in [3.8, 4) is 0 Å². The minimum Gasteiger partial charge on any atom is -0.368 e. The number of nitrogens with zero attached hydrogens (tertiary/aromatic N) is 2. The topological polar surface area (TPSA) is 40.2 Å². The molecule has 2 N–H and O–H groups in total. The third kappa shape index (κ3) is 4.74. The molecule has 1 heterocycles. The summed E-state index contributed by atoms with van der Waals surface area (Å²) in [5.74, 6) is 0.210. The van der Waals surface area contributed by atoms with Gasteiger partial charge in [0, 0.05) is 42.5 Å². The molecule has 1 saturated heterocycles. The zero-order valence-electron chi connectivity index (χ0n) is 14.6. The monoisotopic (exact) mass is 358 g/mol. The highest BCUT2D eigenvalue weighted by atomic mass is 35.5. The third-order valence-corrected chi connectivity index (χ3v) is 5.01. The summed E-state index contributed by atoms with van der Waals surface area (Å²) in [6, 6.07) is 18.4. The SMILES string of the molecule is C[C@@H]([NH2+]CC(=O)N1CCN(c2ccccc2)CC1)c1cccc(Cl)c1. The Morgan fingerprint density at radius 2 is 1.80 bits per heavy atom. The Labute approximate surface area is 154 Å². The predicted octanol–water partition coefficient (Wildman–Crippen LogP) is 2.31. The van der Waals surface area contributed by atoms with E-state index in [-0.39, 0.29) is 11.9 Å². The minimum atomic E-state index is 0.210. The van der Waals surface area contributed by atoms with Crippen molar-refractivity contribution < 1.29 is 10.1 Å². The number of rotatable bonds is 5. The van der Waals surface area contributed by atoms with Crippen LogP contribution >= 0.6 is 11.6 Å². The van der Waals surface area contributed by atoms with E-state index in [1.807, 2.05) is 29.2 Å². The van der Waals surface area contributed by atoms with E-state index in [0.29, 0.717) is 6.54 Å². The summed E-state index contributed by atoms with van der Waals surface area (Å²) in [6.07, 6.45) is 0. The molecule has 1 atom stereocenters. The number of piperazine rings is 1. The Balaban J connectivity index is 1.46. The van der Waals surface area contributed by atoms with Crippen LogP contribution in [-0.2, 0) is 4.79 Å². The van der Waals surface area contributed by atoms with Crippen LogP contribution in [0.15, 0.2) is 54.6 Å². The molecule has 0 spiro atoms. The van der Waals surface area contributed by atoms with Gasteiger partial charge >= 0.3 is 0 Å². The van der Waals surface area contributed by atoms with Crippen LogP contribution in [0.5, 0.6) is 0 Å². The number of carbonyl (C=O) groups excluding carboxylic acids is 1. The second-order valence-corrected chi connectivity index (χ2v) is 6.92. The molecule has 0 saturated carbocycles. The summed E-state index contributed by atoms with van der Waals surface area (Å²) in [5.41, 5.74) is 2.38. The van der Waals surface area contributed by atoms with Gasteiger partial charge in [0.05, 0.1) is 0 Å². The third-order valence-electron chi connectivity index (χ3n) is 4.77. The van der Waals surface area contributed by atoms with Gasteiger partial charge < -0.3 is 15.1 Å². The summed E-state index contributed by atoms with van der Waals surface area (Å²) in [6.45, 7) is 5.92. The quantitative estimate of drug-likeness (QED) is 0.891. The van der Waals surface area contributed by atoms with Crippen molar-refractivity contribution in [1.29, 1.82) is 0 Å². The molecule has 0 radical (unpaired) electrons. The maximum Gasteiger partial charge on any atom is 0.277 e. The molecule has 0 unspecified atom stereocenters. The molecule has 1 amide bonds. The van der Waals surface area contributed by atoms with Crippen LogP contribution in [0.4, 0.5) is 5.69 Å². The summed E-state index contributed by atoms with van der Waals surface area (Å²) in [7, 11) is 0. The van der Waals surface area contributed by atoms with Crippen LogP contribution < -0.4 is 10.2 Å². The summed E-state index contributed by atoms with van der Waals surface area (Å²) >= 11 is 6.04. The molecule has 4 nitrogen and oxygen atoms in total. The first-order valence-corrected chi connectivity index (χ1v) is 9.18. The number of para-hydroxylation sites is 1. The molecule has 2 aromatic carbocycles. The van der Waals surface area contributed by atoms with Gasteiger partial charge in [-0.1, -0.05) is 41.9 Å². The smallest absolute Gasteiger partial charge is 0.277 e. The van der Waals surface area contributed by atoms with Crippen LogP contribution in [0.3, 0.4) is 0 Å². The fraction of sp³-hybridized carbons (Fsp3) is 0.350. The second kappa shape index (κ2) is 8.37. The number of hydrogen-bond acceptors (Lipinski definition) is 2. The Morgan fingerprint density at radius 3 is 2.48 bits per heavy atom. The van der Waals surface area contributed by atoms with Gasteiger partial charge in [0.25, 0.3) is 5.91 Å². The number of hydrogen-bond donors (Lipinski definition) is 1. The zero-order valence-corrected chi connectivity index (χ0v) is 15.3. The lowest BCUT2D eigenvalue weighted by molar-refractivity contribution is -0.683. The van der Waals surface area contributed by atoms with Crippen molar-refractivity contribution in [2.75, 3.05) is 37.6 Å². The van der Waals surface area contributed by atoms with Gasteiger partial charge in [-0.3, -0.25) is 4.79 Å². The largest absolute Gasteiger partial charge is 0.368 e. The predicted molar refractivity (Wildman–Crippen MR) is 102 cm³/mol. The average Bonchev–Trinajstić information content (AvgIpc) is 2.66. The van der Waals surface area contributed by atoms with Crippen molar-refractivity contribution in [2.45, 2.75) is 13.0 Å². The number of nitrogens with two attached hydrogens (primary N) is 1. The maximum atomic E-state index is 12.5. The van der Waals surface area contributed by atoms with E-state index in [1.54, 1.807) is 0 Å². The molecular weight excluding hydrogens is 334 g/mol. The fourth-order valence-corrected chi connectivity index (χ4v) is 3.38. The van der Waals surface area contributed by atoms with Crippen molar-refractivity contribution in [3.63, 3.8) is 0 Å². The Bertz CT molecular complexity index is 699. The lowest BCUT2D eigenvalue weighted by atomic mass is 10.1. The first-order valence-electron chi connectivity index (χ1n) is 8.80. The van der Waals surface area contributed by atoms with Crippen molar-refractivity contribution in [2.24, 2.45) is 0 Å². The highest BCUT2D eigenvalue weighted by molar-refractivity contribution is 6.30. The van der Waals surface area contributed by atoms with Gasteiger partial charge in [-0.05, 0) is 31.2 Å². The molecule has 0 bridgehead atoms. The van der Waals surface area contributed by atoms with Crippen LogP contribution in [0.25, 0.3) is 0 Å². The molecule has 1 aliphatic rings. The maximum absolute atomic E-state index is 12.5. The van der Waals surface area contributed by atoms with Gasteiger partial charge in [-0.25, -0.2) is 0 Å². The lowest BCUT2D eigenvalue weighted by Crippen LogP contribution is -2.87. The molecule has 132 valence electrons. The van der Waals surface area contributed by atoms with Gasteiger partial charge in [-0.15, -0.1) is 0 Å². The standard InChI is InChI=1S/C20H24ClN3O/c1-16(17-6-5-7-18(21)14-17)22-15-20(25)24-12-10-23(11-13-24)19-8-3-2-4-9-19/h2-9,14,16,22H,10-13,15H2,1H3/p+1/t16-/m1/s1. The van der Waals surface area contributed by atoms with E-state index in [4.69, 9.17) is 11.6 Å². The van der Waals surface area contributed by atoms with Gasteiger partial charge in [0.15, 0.2) is 6.54 Å².